The Morgan fingerprint density at radius 3 is 2.56 bits per heavy atom. The summed E-state index contributed by atoms with van der Waals surface area (Å²) in [4.78, 5) is 11.8. The molecular weight excluding hydrogens is 270 g/mol. The summed E-state index contributed by atoms with van der Waals surface area (Å²) in [5.41, 5.74) is 0.605. The van der Waals surface area contributed by atoms with Crippen molar-refractivity contribution >= 4 is 27.7 Å². The maximum absolute atomic E-state index is 11.8. The van der Waals surface area contributed by atoms with Crippen LogP contribution in [-0.4, -0.2) is 15.7 Å². The minimum absolute atomic E-state index is 0.161. The largest absolute Gasteiger partial charge is 0.305 e. The Morgan fingerprint density at radius 2 is 2.00 bits per heavy atom. The van der Waals surface area contributed by atoms with E-state index in [1.54, 1.807) is 36.1 Å². The number of hydrogen-bond acceptors (Lipinski definition) is 2. The monoisotopic (exact) mass is 279 g/mol. The van der Waals surface area contributed by atoms with Crippen molar-refractivity contribution in [1.82, 2.24) is 9.78 Å². The molecule has 2 rings (SSSR count). The van der Waals surface area contributed by atoms with E-state index in [0.717, 1.165) is 4.47 Å². The first-order chi connectivity index (χ1) is 7.65. The van der Waals surface area contributed by atoms with Crippen LogP contribution in [0.5, 0.6) is 0 Å². The molecule has 5 heteroatoms. The molecule has 0 fully saturated rings. The van der Waals surface area contributed by atoms with Gasteiger partial charge in [0.1, 0.15) is 0 Å². The van der Waals surface area contributed by atoms with Crippen molar-refractivity contribution in [3.05, 3.63) is 46.6 Å². The minimum Gasteiger partial charge on any atom is -0.305 e. The lowest BCUT2D eigenvalue weighted by Gasteiger charge is -2.01. The molecule has 2 aromatic rings. The Kier molecular flexibility index (Phi) is 3.05. The van der Waals surface area contributed by atoms with E-state index in [1.807, 2.05) is 12.1 Å². The SMILES string of the molecule is Cn1ccc(NC(=O)c2ccc(Br)cc2)n1. The number of nitrogens with one attached hydrogen (secondary N) is 1. The number of anilines is 1. The molecule has 4 nitrogen and oxygen atoms in total. The van der Waals surface area contributed by atoms with E-state index in [2.05, 4.69) is 26.3 Å². The fraction of sp³-hybridized carbons (Fsp3) is 0.0909. The van der Waals surface area contributed by atoms with Gasteiger partial charge in [-0.25, -0.2) is 0 Å². The highest BCUT2D eigenvalue weighted by atomic mass is 79.9. The van der Waals surface area contributed by atoms with Gasteiger partial charge in [-0.15, -0.1) is 0 Å². The van der Waals surface area contributed by atoms with Gasteiger partial charge in [-0.05, 0) is 24.3 Å². The molecule has 0 saturated heterocycles. The molecule has 1 aromatic heterocycles. The Balaban J connectivity index is 2.11. The Bertz CT molecular complexity index is 504. The van der Waals surface area contributed by atoms with Crippen LogP contribution in [0.3, 0.4) is 0 Å². The van der Waals surface area contributed by atoms with Gasteiger partial charge in [-0.2, -0.15) is 5.10 Å². The standard InChI is InChI=1S/C11H10BrN3O/c1-15-7-6-10(14-15)13-11(16)8-2-4-9(12)5-3-8/h2-7H,1H3,(H,13,14,16). The van der Waals surface area contributed by atoms with E-state index in [1.165, 1.54) is 0 Å². The molecule has 0 unspecified atom stereocenters. The van der Waals surface area contributed by atoms with Crippen LogP contribution in [0.25, 0.3) is 0 Å². The fourth-order valence-electron chi connectivity index (χ4n) is 1.27. The van der Waals surface area contributed by atoms with Crippen molar-refractivity contribution < 1.29 is 4.79 Å². The molecule has 0 saturated carbocycles. The van der Waals surface area contributed by atoms with Crippen molar-refractivity contribution in [1.29, 1.82) is 0 Å². The minimum atomic E-state index is -0.161. The van der Waals surface area contributed by atoms with Gasteiger partial charge in [0.2, 0.25) is 0 Å². The highest BCUT2D eigenvalue weighted by molar-refractivity contribution is 9.10. The Labute approximate surface area is 101 Å². The molecule has 0 radical (unpaired) electrons. The van der Waals surface area contributed by atoms with E-state index in [9.17, 15) is 4.79 Å². The van der Waals surface area contributed by atoms with E-state index >= 15 is 0 Å². The summed E-state index contributed by atoms with van der Waals surface area (Å²) >= 11 is 3.32. The second kappa shape index (κ2) is 4.49. The van der Waals surface area contributed by atoms with Crippen LogP contribution in [0, 0.1) is 0 Å². The number of halogens is 1. The number of rotatable bonds is 2. The van der Waals surface area contributed by atoms with Gasteiger partial charge >= 0.3 is 0 Å². The lowest BCUT2D eigenvalue weighted by Crippen LogP contribution is -2.12. The van der Waals surface area contributed by atoms with Crippen LogP contribution >= 0.6 is 15.9 Å². The first-order valence-electron chi connectivity index (χ1n) is 4.72. The molecule has 0 bridgehead atoms. The van der Waals surface area contributed by atoms with E-state index in [4.69, 9.17) is 0 Å². The van der Waals surface area contributed by atoms with Crippen molar-refractivity contribution in [3.63, 3.8) is 0 Å². The number of amides is 1. The van der Waals surface area contributed by atoms with Gasteiger partial charge in [0, 0.05) is 29.3 Å². The maximum Gasteiger partial charge on any atom is 0.256 e. The van der Waals surface area contributed by atoms with Crippen LogP contribution in [0.4, 0.5) is 5.82 Å². The van der Waals surface area contributed by atoms with Crippen LogP contribution in [0.15, 0.2) is 41.0 Å². The van der Waals surface area contributed by atoms with Gasteiger partial charge in [0.05, 0.1) is 0 Å². The van der Waals surface area contributed by atoms with Crippen molar-refractivity contribution in [3.8, 4) is 0 Å². The van der Waals surface area contributed by atoms with E-state index < -0.39 is 0 Å². The van der Waals surface area contributed by atoms with E-state index in [-0.39, 0.29) is 5.91 Å². The summed E-state index contributed by atoms with van der Waals surface area (Å²) < 4.78 is 2.58. The Morgan fingerprint density at radius 1 is 1.31 bits per heavy atom. The molecule has 0 aliphatic carbocycles. The van der Waals surface area contributed by atoms with Gasteiger partial charge < -0.3 is 5.32 Å². The lowest BCUT2D eigenvalue weighted by molar-refractivity contribution is 0.102. The molecule has 1 heterocycles. The van der Waals surface area contributed by atoms with Crippen LogP contribution in [-0.2, 0) is 7.05 Å². The van der Waals surface area contributed by atoms with Crippen molar-refractivity contribution in [2.24, 2.45) is 7.05 Å². The number of aromatic nitrogens is 2. The molecule has 82 valence electrons. The lowest BCUT2D eigenvalue weighted by atomic mass is 10.2. The highest BCUT2D eigenvalue weighted by Crippen LogP contribution is 2.12. The van der Waals surface area contributed by atoms with Gasteiger partial charge in [-0.3, -0.25) is 9.48 Å². The summed E-state index contributed by atoms with van der Waals surface area (Å²) in [6, 6.07) is 8.90. The number of benzene rings is 1. The van der Waals surface area contributed by atoms with Crippen LogP contribution < -0.4 is 5.32 Å². The maximum atomic E-state index is 11.8. The second-order valence-corrected chi connectivity index (χ2v) is 4.25. The summed E-state index contributed by atoms with van der Waals surface area (Å²) in [5.74, 6) is 0.390. The predicted octanol–water partition coefficient (Wildman–Crippen LogP) is 2.43. The third-order valence-corrected chi connectivity index (χ3v) is 2.59. The zero-order valence-electron chi connectivity index (χ0n) is 8.64. The number of nitrogens with zero attached hydrogens (tertiary/aromatic N) is 2. The molecule has 0 aliphatic rings. The zero-order chi connectivity index (χ0) is 11.5. The molecular formula is C11H10BrN3O. The normalized spacial score (nSPS) is 10.1. The highest BCUT2D eigenvalue weighted by Gasteiger charge is 2.06. The predicted molar refractivity (Wildman–Crippen MR) is 65.3 cm³/mol. The molecule has 1 aromatic carbocycles. The first kappa shape index (κ1) is 10.9. The van der Waals surface area contributed by atoms with E-state index in [0.29, 0.717) is 11.4 Å². The van der Waals surface area contributed by atoms with Crippen LogP contribution in [0.1, 0.15) is 10.4 Å². The summed E-state index contributed by atoms with van der Waals surface area (Å²) in [7, 11) is 1.80. The summed E-state index contributed by atoms with van der Waals surface area (Å²) in [6.07, 6.45) is 1.77. The molecule has 1 N–H and O–H groups in total. The fourth-order valence-corrected chi connectivity index (χ4v) is 1.54. The van der Waals surface area contributed by atoms with Crippen molar-refractivity contribution in [2.75, 3.05) is 5.32 Å². The smallest absolute Gasteiger partial charge is 0.256 e. The van der Waals surface area contributed by atoms with Gasteiger partial charge in [0.25, 0.3) is 5.91 Å². The van der Waals surface area contributed by atoms with Crippen molar-refractivity contribution in [2.45, 2.75) is 0 Å². The summed E-state index contributed by atoms with van der Waals surface area (Å²) in [5, 5.41) is 6.78. The topological polar surface area (TPSA) is 46.9 Å². The van der Waals surface area contributed by atoms with Gasteiger partial charge in [-0.1, -0.05) is 15.9 Å². The molecule has 16 heavy (non-hydrogen) atoms. The van der Waals surface area contributed by atoms with Crippen LogP contribution in [0.2, 0.25) is 0 Å². The van der Waals surface area contributed by atoms with Gasteiger partial charge in [0.15, 0.2) is 5.82 Å². The Hall–Kier alpha value is -1.62. The number of aryl methyl sites for hydroxylation is 1. The molecule has 0 aliphatic heterocycles. The first-order valence-corrected chi connectivity index (χ1v) is 5.51. The second-order valence-electron chi connectivity index (χ2n) is 3.34. The molecule has 0 spiro atoms. The third-order valence-electron chi connectivity index (χ3n) is 2.06. The molecule has 0 atom stereocenters. The summed E-state index contributed by atoms with van der Waals surface area (Å²) in [6.45, 7) is 0. The number of carbonyl (C=O) groups excluding carboxylic acids is 1. The average Bonchev–Trinajstić information content (AvgIpc) is 2.65. The number of carbonyl (C=O) groups is 1. The average molecular weight is 280 g/mol. The third kappa shape index (κ3) is 2.49. The molecule has 1 amide bonds. The quantitative estimate of drug-likeness (QED) is 0.918. The number of hydrogen-bond donors (Lipinski definition) is 1. The zero-order valence-corrected chi connectivity index (χ0v) is 10.2.